The van der Waals surface area contributed by atoms with Crippen LogP contribution in [0.2, 0.25) is 0 Å². The second-order valence-corrected chi connectivity index (χ2v) is 7.70. The highest BCUT2D eigenvalue weighted by Crippen LogP contribution is 2.26. The van der Waals surface area contributed by atoms with E-state index in [1.165, 1.54) is 7.11 Å². The van der Waals surface area contributed by atoms with Crippen LogP contribution in [-0.2, 0) is 20.9 Å². The van der Waals surface area contributed by atoms with E-state index in [-0.39, 0.29) is 23.7 Å². The quantitative estimate of drug-likeness (QED) is 0.675. The molecule has 1 unspecified atom stereocenters. The summed E-state index contributed by atoms with van der Waals surface area (Å²) in [4.78, 5) is 25.9. The molecule has 24 heavy (non-hydrogen) atoms. The van der Waals surface area contributed by atoms with Gasteiger partial charge in [-0.15, -0.1) is 0 Å². The van der Waals surface area contributed by atoms with Crippen LogP contribution >= 0.6 is 0 Å². The third-order valence-corrected chi connectivity index (χ3v) is 3.87. The van der Waals surface area contributed by atoms with Gasteiger partial charge in [-0.2, -0.15) is 0 Å². The molecule has 1 aromatic carbocycles. The minimum Gasteiger partial charge on any atom is -0.469 e. The molecule has 0 aliphatic heterocycles. The van der Waals surface area contributed by atoms with Gasteiger partial charge in [0.15, 0.2) is 0 Å². The van der Waals surface area contributed by atoms with Gasteiger partial charge in [-0.25, -0.2) is 0 Å². The van der Waals surface area contributed by atoms with Gasteiger partial charge >= 0.3 is 5.97 Å². The fourth-order valence-electron chi connectivity index (χ4n) is 2.97. The molecule has 0 aliphatic rings. The molecule has 1 rings (SSSR count). The van der Waals surface area contributed by atoms with Crippen molar-refractivity contribution in [3.05, 3.63) is 35.9 Å². The zero-order valence-electron chi connectivity index (χ0n) is 15.7. The van der Waals surface area contributed by atoms with Crippen LogP contribution < -0.4 is 0 Å². The van der Waals surface area contributed by atoms with Crippen molar-refractivity contribution in [1.29, 1.82) is 0 Å². The van der Waals surface area contributed by atoms with Crippen molar-refractivity contribution in [3.63, 3.8) is 0 Å². The highest BCUT2D eigenvalue weighted by Gasteiger charge is 2.21. The molecular weight excluding hydrogens is 302 g/mol. The van der Waals surface area contributed by atoms with Crippen molar-refractivity contribution in [2.45, 2.75) is 53.5 Å². The lowest BCUT2D eigenvalue weighted by Crippen LogP contribution is -2.34. The molecule has 4 heteroatoms. The van der Waals surface area contributed by atoms with E-state index < -0.39 is 0 Å². The number of hydrogen-bond acceptors (Lipinski definition) is 3. The van der Waals surface area contributed by atoms with E-state index in [1.54, 1.807) is 4.90 Å². The number of nitrogens with zero attached hydrogens (tertiary/aromatic N) is 1. The Hall–Kier alpha value is -1.84. The summed E-state index contributed by atoms with van der Waals surface area (Å²) in [7, 11) is 1.37. The van der Waals surface area contributed by atoms with Gasteiger partial charge in [-0.05, 0) is 23.3 Å². The molecule has 0 spiro atoms. The number of carbonyl (C=O) groups excluding carboxylic acids is 2. The van der Waals surface area contributed by atoms with E-state index >= 15 is 0 Å². The second-order valence-electron chi connectivity index (χ2n) is 7.70. The number of methoxy groups -OCH3 is 1. The summed E-state index contributed by atoms with van der Waals surface area (Å²) >= 11 is 0. The SMILES string of the molecule is COC(=O)CCN(Cc1ccccc1)C(=O)CC(C)CC(C)(C)C. The minimum absolute atomic E-state index is 0.0968. The van der Waals surface area contributed by atoms with E-state index in [0.717, 1.165) is 12.0 Å². The molecule has 134 valence electrons. The average Bonchev–Trinajstić information content (AvgIpc) is 2.49. The van der Waals surface area contributed by atoms with Crippen LogP contribution in [-0.4, -0.2) is 30.4 Å². The van der Waals surface area contributed by atoms with Gasteiger partial charge in [-0.3, -0.25) is 9.59 Å². The molecule has 4 nitrogen and oxygen atoms in total. The Morgan fingerprint density at radius 3 is 2.33 bits per heavy atom. The first kappa shape index (κ1) is 20.2. The third-order valence-electron chi connectivity index (χ3n) is 3.87. The maximum absolute atomic E-state index is 12.7. The number of ether oxygens (including phenoxy) is 1. The van der Waals surface area contributed by atoms with Crippen LogP contribution in [0.4, 0.5) is 0 Å². The number of esters is 1. The Kier molecular flexibility index (Phi) is 7.96. The minimum atomic E-state index is -0.288. The summed E-state index contributed by atoms with van der Waals surface area (Å²) in [5.74, 6) is 0.122. The van der Waals surface area contributed by atoms with Crippen molar-refractivity contribution in [1.82, 2.24) is 4.90 Å². The molecular formula is C20H31NO3. The van der Waals surface area contributed by atoms with Gasteiger partial charge in [-0.1, -0.05) is 58.0 Å². The van der Waals surface area contributed by atoms with Crippen molar-refractivity contribution in [3.8, 4) is 0 Å². The fraction of sp³-hybridized carbons (Fsp3) is 0.600. The van der Waals surface area contributed by atoms with E-state index in [2.05, 4.69) is 27.7 Å². The maximum atomic E-state index is 12.7. The summed E-state index contributed by atoms with van der Waals surface area (Å²) in [6, 6.07) is 9.87. The van der Waals surface area contributed by atoms with Crippen LogP contribution in [0.3, 0.4) is 0 Å². The maximum Gasteiger partial charge on any atom is 0.307 e. The molecule has 0 fully saturated rings. The second kappa shape index (κ2) is 9.45. The Morgan fingerprint density at radius 2 is 1.79 bits per heavy atom. The molecule has 0 aromatic heterocycles. The molecule has 0 heterocycles. The molecule has 1 aromatic rings. The molecule has 0 aliphatic carbocycles. The summed E-state index contributed by atoms with van der Waals surface area (Å²) in [5.41, 5.74) is 1.27. The van der Waals surface area contributed by atoms with Gasteiger partial charge in [0.05, 0.1) is 13.5 Å². The van der Waals surface area contributed by atoms with E-state index in [4.69, 9.17) is 4.74 Å². The number of amides is 1. The first-order valence-corrected chi connectivity index (χ1v) is 8.60. The largest absolute Gasteiger partial charge is 0.469 e. The fourth-order valence-corrected chi connectivity index (χ4v) is 2.97. The Balaban J connectivity index is 2.71. The Labute approximate surface area is 146 Å². The van der Waals surface area contributed by atoms with Crippen molar-refractivity contribution >= 4 is 11.9 Å². The summed E-state index contributed by atoms with van der Waals surface area (Å²) < 4.78 is 4.70. The topological polar surface area (TPSA) is 46.6 Å². The predicted octanol–water partition coefficient (Wildman–Crippen LogP) is 4.04. The van der Waals surface area contributed by atoms with Crippen LogP contribution in [0, 0.1) is 11.3 Å². The van der Waals surface area contributed by atoms with E-state index in [9.17, 15) is 9.59 Å². The standard InChI is InChI=1S/C20H31NO3/c1-16(14-20(2,3)4)13-18(22)21(12-11-19(23)24-5)15-17-9-7-6-8-10-17/h6-10,16H,11-15H2,1-5H3. The Bertz CT molecular complexity index is 519. The molecule has 1 atom stereocenters. The lowest BCUT2D eigenvalue weighted by atomic mass is 9.84. The zero-order valence-corrected chi connectivity index (χ0v) is 15.7. The van der Waals surface area contributed by atoms with Gasteiger partial charge in [0.1, 0.15) is 0 Å². The van der Waals surface area contributed by atoms with Crippen LogP contribution in [0.1, 0.15) is 52.5 Å². The van der Waals surface area contributed by atoms with Gasteiger partial charge in [0.25, 0.3) is 0 Å². The van der Waals surface area contributed by atoms with Crippen molar-refractivity contribution in [2.24, 2.45) is 11.3 Å². The highest BCUT2D eigenvalue weighted by molar-refractivity contribution is 5.77. The molecule has 0 radical (unpaired) electrons. The summed E-state index contributed by atoms with van der Waals surface area (Å²) in [6.45, 7) is 9.60. The first-order valence-electron chi connectivity index (χ1n) is 8.60. The lowest BCUT2D eigenvalue weighted by Gasteiger charge is -2.27. The van der Waals surface area contributed by atoms with E-state index in [0.29, 0.717) is 25.4 Å². The number of carbonyl (C=O) groups is 2. The first-order chi connectivity index (χ1) is 11.2. The molecule has 1 amide bonds. The van der Waals surface area contributed by atoms with Gasteiger partial charge in [0, 0.05) is 19.5 Å². The molecule has 0 bridgehead atoms. The summed E-state index contributed by atoms with van der Waals surface area (Å²) in [6.07, 6.45) is 1.73. The highest BCUT2D eigenvalue weighted by atomic mass is 16.5. The molecule has 0 saturated carbocycles. The predicted molar refractivity (Wildman–Crippen MR) is 96.3 cm³/mol. The molecule has 0 saturated heterocycles. The van der Waals surface area contributed by atoms with Crippen LogP contribution in [0.5, 0.6) is 0 Å². The zero-order chi connectivity index (χ0) is 18.2. The normalized spacial score (nSPS) is 12.5. The summed E-state index contributed by atoms with van der Waals surface area (Å²) in [5, 5.41) is 0. The van der Waals surface area contributed by atoms with Gasteiger partial charge < -0.3 is 9.64 Å². The molecule has 0 N–H and O–H groups in total. The Morgan fingerprint density at radius 1 is 1.17 bits per heavy atom. The van der Waals surface area contributed by atoms with E-state index in [1.807, 2.05) is 30.3 Å². The van der Waals surface area contributed by atoms with Crippen molar-refractivity contribution in [2.75, 3.05) is 13.7 Å². The smallest absolute Gasteiger partial charge is 0.307 e. The van der Waals surface area contributed by atoms with Gasteiger partial charge in [0.2, 0.25) is 5.91 Å². The lowest BCUT2D eigenvalue weighted by molar-refractivity contribution is -0.142. The number of benzene rings is 1. The average molecular weight is 333 g/mol. The number of hydrogen-bond donors (Lipinski definition) is 0. The number of rotatable bonds is 8. The van der Waals surface area contributed by atoms with Crippen LogP contribution in [0.25, 0.3) is 0 Å². The van der Waals surface area contributed by atoms with Crippen molar-refractivity contribution < 1.29 is 14.3 Å². The van der Waals surface area contributed by atoms with Crippen LogP contribution in [0.15, 0.2) is 30.3 Å². The monoisotopic (exact) mass is 333 g/mol. The third kappa shape index (κ3) is 8.14.